The van der Waals surface area contributed by atoms with Gasteiger partial charge in [0.25, 0.3) is 0 Å². The third-order valence-corrected chi connectivity index (χ3v) is 2.50. The molecule has 3 nitrogen and oxygen atoms in total. The molecular formula is C13H19N3. The molecule has 1 rings (SSSR count). The zero-order valence-corrected chi connectivity index (χ0v) is 10.3. The topological polar surface area (TPSA) is 39.9 Å². The molecular weight excluding hydrogens is 198 g/mol. The first-order chi connectivity index (χ1) is 7.72. The summed E-state index contributed by atoms with van der Waals surface area (Å²) in [5, 5.41) is 8.85. The number of aromatic nitrogens is 1. The molecule has 0 saturated heterocycles. The normalized spacial score (nSPS) is 9.88. The van der Waals surface area contributed by atoms with E-state index in [1.165, 1.54) is 0 Å². The maximum absolute atomic E-state index is 8.85. The Balaban J connectivity index is 2.93. The summed E-state index contributed by atoms with van der Waals surface area (Å²) in [6.07, 6.45) is 2.22. The van der Waals surface area contributed by atoms with Gasteiger partial charge in [-0.25, -0.2) is 4.98 Å². The van der Waals surface area contributed by atoms with Crippen LogP contribution < -0.4 is 4.90 Å². The summed E-state index contributed by atoms with van der Waals surface area (Å²) < 4.78 is 0. The molecule has 0 spiro atoms. The molecule has 0 saturated carbocycles. The molecule has 0 aliphatic carbocycles. The highest BCUT2D eigenvalue weighted by Crippen LogP contribution is 2.15. The lowest BCUT2D eigenvalue weighted by atomic mass is 10.2. The monoisotopic (exact) mass is 217 g/mol. The Bertz CT molecular complexity index is 373. The third-order valence-electron chi connectivity index (χ3n) is 2.50. The van der Waals surface area contributed by atoms with Crippen LogP contribution in [0.4, 0.5) is 5.82 Å². The average molecular weight is 217 g/mol. The second-order valence-corrected chi connectivity index (χ2v) is 3.90. The minimum absolute atomic E-state index is 0.664. The molecule has 1 heterocycles. The van der Waals surface area contributed by atoms with Crippen LogP contribution >= 0.6 is 0 Å². The van der Waals surface area contributed by atoms with Crippen LogP contribution in [0.2, 0.25) is 0 Å². The van der Waals surface area contributed by atoms with Crippen molar-refractivity contribution >= 4 is 5.82 Å². The van der Waals surface area contributed by atoms with E-state index in [0.717, 1.165) is 37.4 Å². The van der Waals surface area contributed by atoms with Gasteiger partial charge in [-0.05, 0) is 31.9 Å². The summed E-state index contributed by atoms with van der Waals surface area (Å²) in [5.74, 6) is 0.986. The van der Waals surface area contributed by atoms with Gasteiger partial charge in [0.2, 0.25) is 0 Å². The molecule has 0 fully saturated rings. The minimum atomic E-state index is 0.664. The van der Waals surface area contributed by atoms with Crippen molar-refractivity contribution in [2.75, 3.05) is 18.0 Å². The van der Waals surface area contributed by atoms with Crippen molar-refractivity contribution in [1.29, 1.82) is 5.26 Å². The summed E-state index contributed by atoms with van der Waals surface area (Å²) in [5.41, 5.74) is 1.48. The highest BCUT2D eigenvalue weighted by Gasteiger charge is 2.07. The van der Waals surface area contributed by atoms with Gasteiger partial charge in [-0.2, -0.15) is 5.26 Å². The fraction of sp³-hybridized carbons (Fsp3) is 0.538. The zero-order valence-electron chi connectivity index (χ0n) is 10.3. The van der Waals surface area contributed by atoms with Gasteiger partial charge < -0.3 is 4.90 Å². The van der Waals surface area contributed by atoms with Crippen molar-refractivity contribution in [3.63, 3.8) is 0 Å². The molecule has 86 valence electrons. The lowest BCUT2D eigenvalue weighted by molar-refractivity contribution is 0.732. The molecule has 1 aromatic heterocycles. The zero-order chi connectivity index (χ0) is 12.0. The van der Waals surface area contributed by atoms with Gasteiger partial charge in [0.05, 0.1) is 11.3 Å². The summed E-state index contributed by atoms with van der Waals surface area (Å²) in [4.78, 5) is 6.76. The van der Waals surface area contributed by atoms with Gasteiger partial charge in [-0.15, -0.1) is 0 Å². The lowest BCUT2D eigenvalue weighted by Crippen LogP contribution is -2.26. The molecule has 0 amide bonds. The Kier molecular flexibility index (Phi) is 4.78. The van der Waals surface area contributed by atoms with E-state index in [1.54, 1.807) is 0 Å². The molecule has 0 aliphatic rings. The van der Waals surface area contributed by atoms with Crippen molar-refractivity contribution < 1.29 is 0 Å². The minimum Gasteiger partial charge on any atom is -0.357 e. The highest BCUT2D eigenvalue weighted by atomic mass is 15.2. The number of anilines is 1. The fourth-order valence-corrected chi connectivity index (χ4v) is 1.72. The maximum Gasteiger partial charge on any atom is 0.128 e. The predicted octanol–water partition coefficient (Wildman–Crippen LogP) is 2.89. The Morgan fingerprint density at radius 1 is 1.25 bits per heavy atom. The van der Waals surface area contributed by atoms with Crippen LogP contribution in [0.25, 0.3) is 0 Å². The van der Waals surface area contributed by atoms with E-state index in [9.17, 15) is 0 Å². The average Bonchev–Trinajstić information content (AvgIpc) is 2.28. The van der Waals surface area contributed by atoms with E-state index in [-0.39, 0.29) is 0 Å². The Labute approximate surface area is 97.7 Å². The van der Waals surface area contributed by atoms with Gasteiger partial charge in [0.15, 0.2) is 0 Å². The Hall–Kier alpha value is -1.56. The van der Waals surface area contributed by atoms with Crippen molar-refractivity contribution in [2.24, 2.45) is 0 Å². The number of pyridine rings is 1. The van der Waals surface area contributed by atoms with Crippen LogP contribution in [0.15, 0.2) is 12.1 Å². The number of nitriles is 1. The molecule has 0 radical (unpaired) electrons. The smallest absolute Gasteiger partial charge is 0.128 e. The van der Waals surface area contributed by atoms with E-state index in [1.807, 2.05) is 19.1 Å². The van der Waals surface area contributed by atoms with Gasteiger partial charge in [0.1, 0.15) is 11.9 Å². The lowest BCUT2D eigenvalue weighted by Gasteiger charge is -2.22. The second kappa shape index (κ2) is 6.12. The van der Waals surface area contributed by atoms with E-state index in [0.29, 0.717) is 5.56 Å². The van der Waals surface area contributed by atoms with Gasteiger partial charge >= 0.3 is 0 Å². The highest BCUT2D eigenvalue weighted by molar-refractivity contribution is 5.45. The number of hydrogen-bond acceptors (Lipinski definition) is 3. The van der Waals surface area contributed by atoms with Crippen molar-refractivity contribution in [3.8, 4) is 6.07 Å². The summed E-state index contributed by atoms with van der Waals surface area (Å²) in [6.45, 7) is 8.26. The molecule has 0 aliphatic heterocycles. The number of rotatable bonds is 5. The number of hydrogen-bond donors (Lipinski definition) is 0. The van der Waals surface area contributed by atoms with Crippen LogP contribution in [0.5, 0.6) is 0 Å². The predicted molar refractivity (Wildman–Crippen MR) is 66.5 cm³/mol. The van der Waals surface area contributed by atoms with Crippen LogP contribution in [0.1, 0.15) is 37.9 Å². The third kappa shape index (κ3) is 2.96. The number of nitrogens with zero attached hydrogens (tertiary/aromatic N) is 3. The molecule has 0 unspecified atom stereocenters. The molecule has 16 heavy (non-hydrogen) atoms. The van der Waals surface area contributed by atoms with Gasteiger partial charge in [-0.1, -0.05) is 13.8 Å². The molecule has 0 N–H and O–H groups in total. The number of aryl methyl sites for hydroxylation is 1. The Morgan fingerprint density at radius 2 is 1.88 bits per heavy atom. The van der Waals surface area contributed by atoms with Crippen LogP contribution in [-0.4, -0.2) is 18.1 Å². The van der Waals surface area contributed by atoms with Crippen molar-refractivity contribution in [1.82, 2.24) is 4.98 Å². The van der Waals surface area contributed by atoms with Gasteiger partial charge in [-0.3, -0.25) is 0 Å². The van der Waals surface area contributed by atoms with E-state index >= 15 is 0 Å². The standard InChI is InChI=1S/C13H19N3/c1-4-8-16(9-5-2)13-7-6-12(10-14)11(3)15-13/h6-7H,4-5,8-9H2,1-3H3. The second-order valence-electron chi connectivity index (χ2n) is 3.90. The van der Waals surface area contributed by atoms with E-state index < -0.39 is 0 Å². The molecule has 0 atom stereocenters. The quantitative estimate of drug-likeness (QED) is 0.761. The fourth-order valence-electron chi connectivity index (χ4n) is 1.72. The van der Waals surface area contributed by atoms with Crippen LogP contribution in [0, 0.1) is 18.3 Å². The SMILES string of the molecule is CCCN(CCC)c1ccc(C#N)c(C)n1. The van der Waals surface area contributed by atoms with E-state index in [4.69, 9.17) is 5.26 Å². The molecule has 3 heteroatoms. The molecule has 0 bridgehead atoms. The van der Waals surface area contributed by atoms with Crippen LogP contribution in [-0.2, 0) is 0 Å². The first-order valence-electron chi connectivity index (χ1n) is 5.85. The van der Waals surface area contributed by atoms with E-state index in [2.05, 4.69) is 29.8 Å². The Morgan fingerprint density at radius 3 is 2.31 bits per heavy atom. The van der Waals surface area contributed by atoms with Gasteiger partial charge in [0, 0.05) is 13.1 Å². The largest absolute Gasteiger partial charge is 0.357 e. The molecule has 0 aromatic carbocycles. The first kappa shape index (κ1) is 12.5. The maximum atomic E-state index is 8.85. The summed E-state index contributed by atoms with van der Waals surface area (Å²) in [6, 6.07) is 5.94. The summed E-state index contributed by atoms with van der Waals surface area (Å²) in [7, 11) is 0. The molecule has 1 aromatic rings. The van der Waals surface area contributed by atoms with Crippen molar-refractivity contribution in [2.45, 2.75) is 33.6 Å². The van der Waals surface area contributed by atoms with Crippen LogP contribution in [0.3, 0.4) is 0 Å². The first-order valence-corrected chi connectivity index (χ1v) is 5.85. The van der Waals surface area contributed by atoms with Crippen molar-refractivity contribution in [3.05, 3.63) is 23.4 Å². The summed E-state index contributed by atoms with van der Waals surface area (Å²) >= 11 is 0.